The summed E-state index contributed by atoms with van der Waals surface area (Å²) >= 11 is 6.87. The van der Waals surface area contributed by atoms with Crippen molar-refractivity contribution in [3.05, 3.63) is 70.2 Å². The van der Waals surface area contributed by atoms with E-state index in [2.05, 4.69) is 15.5 Å². The minimum Gasteiger partial charge on any atom is -0.361 e. The van der Waals surface area contributed by atoms with Gasteiger partial charge in [-0.3, -0.25) is 9.59 Å². The van der Waals surface area contributed by atoms with E-state index in [0.29, 0.717) is 22.2 Å². The third-order valence-electron chi connectivity index (χ3n) is 4.32. The van der Waals surface area contributed by atoms with E-state index in [0.717, 1.165) is 17.0 Å². The molecule has 2 amide bonds. The SMILES string of the molecule is Cc1cc(CSc2ncccc2C(=O)N(C)CC(=O)Nc2ccc(Cl)c(C(F)(F)F)c2)no1. The predicted octanol–water partition coefficient (Wildman–Crippen LogP) is 5.05. The number of amides is 2. The van der Waals surface area contributed by atoms with Crippen molar-refractivity contribution in [2.24, 2.45) is 0 Å². The number of hydrogen-bond acceptors (Lipinski definition) is 6. The highest BCUT2D eigenvalue weighted by Gasteiger charge is 2.33. The standard InChI is InChI=1S/C21H18ClF3N4O3S/c1-12-8-14(28-32-12)11-33-19-15(4-3-7-26-19)20(31)29(2)10-18(30)27-13-5-6-17(22)16(9-13)21(23,24)25/h3-9H,10-11H2,1-2H3,(H,27,30). The molecule has 0 aliphatic rings. The first-order valence-corrected chi connectivity index (χ1v) is 10.8. The number of nitrogens with zero attached hydrogens (tertiary/aromatic N) is 3. The number of aryl methyl sites for hydroxylation is 1. The number of alkyl halides is 3. The zero-order valence-corrected chi connectivity index (χ0v) is 19.0. The Labute approximate surface area is 196 Å². The van der Waals surface area contributed by atoms with Crippen molar-refractivity contribution in [3.8, 4) is 0 Å². The minimum absolute atomic E-state index is 0.0851. The fourth-order valence-electron chi connectivity index (χ4n) is 2.81. The average Bonchev–Trinajstić information content (AvgIpc) is 3.17. The number of likely N-dealkylation sites (N-methyl/N-ethyl adjacent to an activating group) is 1. The van der Waals surface area contributed by atoms with Crippen LogP contribution in [-0.4, -0.2) is 40.4 Å². The van der Waals surface area contributed by atoms with E-state index in [1.807, 2.05) is 0 Å². The van der Waals surface area contributed by atoms with Gasteiger partial charge in [-0.05, 0) is 37.3 Å². The van der Waals surface area contributed by atoms with Gasteiger partial charge in [-0.2, -0.15) is 13.2 Å². The fourth-order valence-corrected chi connectivity index (χ4v) is 3.90. The molecule has 0 spiro atoms. The Bertz CT molecular complexity index is 1170. The number of hydrogen-bond donors (Lipinski definition) is 1. The van der Waals surface area contributed by atoms with Gasteiger partial charge in [-0.1, -0.05) is 28.5 Å². The van der Waals surface area contributed by atoms with Crippen molar-refractivity contribution in [1.82, 2.24) is 15.0 Å². The molecule has 0 bridgehead atoms. The largest absolute Gasteiger partial charge is 0.417 e. The Hall–Kier alpha value is -3.05. The minimum atomic E-state index is -4.66. The summed E-state index contributed by atoms with van der Waals surface area (Å²) in [7, 11) is 1.41. The van der Waals surface area contributed by atoms with Crippen LogP contribution in [0.4, 0.5) is 18.9 Å². The number of halogens is 4. The number of nitrogens with one attached hydrogen (secondary N) is 1. The molecule has 0 saturated carbocycles. The summed E-state index contributed by atoms with van der Waals surface area (Å²) in [6.45, 7) is 1.38. The summed E-state index contributed by atoms with van der Waals surface area (Å²) in [6.07, 6.45) is -3.12. The second-order valence-electron chi connectivity index (χ2n) is 6.98. The molecule has 0 saturated heterocycles. The number of rotatable bonds is 7. The van der Waals surface area contributed by atoms with Crippen molar-refractivity contribution in [2.75, 3.05) is 18.9 Å². The third-order valence-corrected chi connectivity index (χ3v) is 5.69. The molecule has 3 aromatic rings. The van der Waals surface area contributed by atoms with Crippen LogP contribution in [0.3, 0.4) is 0 Å². The van der Waals surface area contributed by atoms with Gasteiger partial charge in [0.1, 0.15) is 10.8 Å². The van der Waals surface area contributed by atoms with Crippen LogP contribution in [0.1, 0.15) is 27.4 Å². The Morgan fingerprint density at radius 3 is 2.67 bits per heavy atom. The van der Waals surface area contributed by atoms with Gasteiger partial charge in [0.15, 0.2) is 0 Å². The van der Waals surface area contributed by atoms with Crippen LogP contribution in [0.15, 0.2) is 52.1 Å². The van der Waals surface area contributed by atoms with Gasteiger partial charge >= 0.3 is 6.18 Å². The molecule has 2 heterocycles. The first-order chi connectivity index (χ1) is 15.5. The summed E-state index contributed by atoms with van der Waals surface area (Å²) < 4.78 is 44.1. The molecule has 0 radical (unpaired) electrons. The van der Waals surface area contributed by atoms with Crippen molar-refractivity contribution in [1.29, 1.82) is 0 Å². The molecule has 174 valence electrons. The molecule has 1 N–H and O–H groups in total. The molecule has 0 unspecified atom stereocenters. The first kappa shape index (κ1) is 24.6. The molecule has 3 rings (SSSR count). The maximum absolute atomic E-state index is 13.0. The summed E-state index contributed by atoms with van der Waals surface area (Å²) in [5.74, 6) is -0.0462. The van der Waals surface area contributed by atoms with Crippen LogP contribution in [-0.2, 0) is 16.7 Å². The maximum Gasteiger partial charge on any atom is 0.417 e. The predicted molar refractivity (Wildman–Crippen MR) is 117 cm³/mol. The van der Waals surface area contributed by atoms with Crippen molar-refractivity contribution < 1.29 is 27.3 Å². The molecule has 7 nitrogen and oxygen atoms in total. The van der Waals surface area contributed by atoms with E-state index in [-0.39, 0.29) is 17.8 Å². The summed E-state index contributed by atoms with van der Waals surface area (Å²) in [5, 5.41) is 6.22. The number of aromatic nitrogens is 2. The van der Waals surface area contributed by atoms with E-state index in [1.54, 1.807) is 31.3 Å². The van der Waals surface area contributed by atoms with Gasteiger partial charge < -0.3 is 14.7 Å². The smallest absolute Gasteiger partial charge is 0.361 e. The van der Waals surface area contributed by atoms with Gasteiger partial charge in [0.25, 0.3) is 5.91 Å². The summed E-state index contributed by atoms with van der Waals surface area (Å²) in [6, 6.07) is 7.98. The Morgan fingerprint density at radius 1 is 1.24 bits per heavy atom. The summed E-state index contributed by atoms with van der Waals surface area (Å²) in [4.78, 5) is 30.6. The fraction of sp³-hybridized carbons (Fsp3) is 0.238. The van der Waals surface area contributed by atoms with Crippen LogP contribution in [0, 0.1) is 6.92 Å². The highest BCUT2D eigenvalue weighted by Crippen LogP contribution is 2.36. The van der Waals surface area contributed by atoms with Gasteiger partial charge in [0.2, 0.25) is 5.91 Å². The number of carbonyl (C=O) groups excluding carboxylic acids is 2. The average molecular weight is 499 g/mol. The van der Waals surface area contributed by atoms with Crippen LogP contribution >= 0.6 is 23.4 Å². The lowest BCUT2D eigenvalue weighted by Crippen LogP contribution is -2.35. The number of thioether (sulfide) groups is 1. The number of anilines is 1. The first-order valence-electron chi connectivity index (χ1n) is 9.46. The summed E-state index contributed by atoms with van der Waals surface area (Å²) in [5.41, 5.74) is -0.178. The molecule has 0 aliphatic carbocycles. The molecule has 1 aromatic carbocycles. The quantitative estimate of drug-likeness (QED) is 0.458. The normalized spacial score (nSPS) is 11.3. The van der Waals surface area contributed by atoms with E-state index in [9.17, 15) is 22.8 Å². The molecule has 2 aromatic heterocycles. The van der Waals surface area contributed by atoms with Gasteiger partial charge in [-0.15, -0.1) is 0 Å². The van der Waals surface area contributed by atoms with Crippen LogP contribution in [0.5, 0.6) is 0 Å². The molecule has 0 aliphatic heterocycles. The van der Waals surface area contributed by atoms with Crippen LogP contribution in [0.2, 0.25) is 5.02 Å². The lowest BCUT2D eigenvalue weighted by atomic mass is 10.2. The van der Waals surface area contributed by atoms with Gasteiger partial charge in [0.05, 0.1) is 28.4 Å². The zero-order chi connectivity index (χ0) is 24.2. The maximum atomic E-state index is 13.0. The highest BCUT2D eigenvalue weighted by molar-refractivity contribution is 7.98. The molecule has 12 heteroatoms. The van der Waals surface area contributed by atoms with Crippen LogP contribution < -0.4 is 5.32 Å². The number of benzene rings is 1. The Kier molecular flexibility index (Phi) is 7.65. The molecular formula is C21H18ClF3N4O3S. The van der Waals surface area contributed by atoms with Gasteiger partial charge in [0, 0.05) is 30.8 Å². The van der Waals surface area contributed by atoms with E-state index >= 15 is 0 Å². The Morgan fingerprint density at radius 2 is 2.00 bits per heavy atom. The second kappa shape index (κ2) is 10.3. The molecule has 0 atom stereocenters. The Balaban J connectivity index is 1.65. The van der Waals surface area contributed by atoms with Crippen molar-refractivity contribution in [2.45, 2.75) is 23.9 Å². The monoisotopic (exact) mass is 498 g/mol. The van der Waals surface area contributed by atoms with E-state index in [1.165, 1.54) is 24.9 Å². The van der Waals surface area contributed by atoms with Gasteiger partial charge in [-0.25, -0.2) is 4.98 Å². The third kappa shape index (κ3) is 6.48. The lowest BCUT2D eigenvalue weighted by Gasteiger charge is -2.18. The molecule has 33 heavy (non-hydrogen) atoms. The zero-order valence-electron chi connectivity index (χ0n) is 17.4. The van der Waals surface area contributed by atoms with E-state index < -0.39 is 28.6 Å². The lowest BCUT2D eigenvalue weighted by molar-refractivity contribution is -0.137. The van der Waals surface area contributed by atoms with E-state index in [4.69, 9.17) is 16.1 Å². The van der Waals surface area contributed by atoms with Crippen molar-refractivity contribution >= 4 is 40.9 Å². The molecule has 0 fully saturated rings. The van der Waals surface area contributed by atoms with Crippen LogP contribution in [0.25, 0.3) is 0 Å². The number of pyridine rings is 1. The molecular weight excluding hydrogens is 481 g/mol. The number of carbonyl (C=O) groups is 2. The topological polar surface area (TPSA) is 88.3 Å². The highest BCUT2D eigenvalue weighted by atomic mass is 35.5. The second-order valence-corrected chi connectivity index (χ2v) is 8.35. The van der Waals surface area contributed by atoms with Crippen molar-refractivity contribution in [3.63, 3.8) is 0 Å².